The topological polar surface area (TPSA) is 105 Å². The van der Waals surface area contributed by atoms with Crippen LogP contribution in [0.4, 0.5) is 0 Å². The zero-order chi connectivity index (χ0) is 15.1. The monoisotopic (exact) mass is 317 g/mol. The van der Waals surface area contributed by atoms with Crippen LogP contribution in [0.3, 0.4) is 0 Å². The standard InChI is InChI=1S/C11H15N3O4S2/c1-5-9(8(4)18-13-5)6(2)14-20(16,17)10-7(3)12-11(15)19-10/h6,14H,1-4H3,(H,12,15). The van der Waals surface area contributed by atoms with Crippen molar-refractivity contribution in [3.05, 3.63) is 32.4 Å². The van der Waals surface area contributed by atoms with E-state index in [1.165, 1.54) is 0 Å². The highest BCUT2D eigenvalue weighted by molar-refractivity contribution is 7.91. The molecule has 2 aromatic heterocycles. The normalized spacial score (nSPS) is 13.6. The van der Waals surface area contributed by atoms with Crippen molar-refractivity contribution in [2.75, 3.05) is 0 Å². The first kappa shape index (κ1) is 14.9. The SMILES string of the molecule is Cc1noc(C)c1C(C)NS(=O)(=O)c1sc(=O)[nH]c1C. The van der Waals surface area contributed by atoms with Crippen molar-refractivity contribution in [1.82, 2.24) is 14.9 Å². The number of aryl methyl sites for hydroxylation is 3. The van der Waals surface area contributed by atoms with Gasteiger partial charge in [0.05, 0.1) is 5.69 Å². The molecule has 9 heteroatoms. The number of nitrogens with zero attached hydrogens (tertiary/aromatic N) is 1. The van der Waals surface area contributed by atoms with E-state index in [2.05, 4.69) is 14.9 Å². The van der Waals surface area contributed by atoms with Crippen molar-refractivity contribution < 1.29 is 12.9 Å². The molecule has 7 nitrogen and oxygen atoms in total. The highest BCUT2D eigenvalue weighted by Crippen LogP contribution is 2.24. The Hall–Kier alpha value is -1.45. The van der Waals surface area contributed by atoms with Gasteiger partial charge in [-0.2, -0.15) is 0 Å². The Labute approximate surface area is 120 Å². The lowest BCUT2D eigenvalue weighted by Gasteiger charge is -2.13. The van der Waals surface area contributed by atoms with Crippen molar-refractivity contribution in [2.45, 2.75) is 37.9 Å². The van der Waals surface area contributed by atoms with Gasteiger partial charge >= 0.3 is 4.87 Å². The van der Waals surface area contributed by atoms with Gasteiger partial charge in [0.1, 0.15) is 5.76 Å². The van der Waals surface area contributed by atoms with Crippen LogP contribution in [0.1, 0.15) is 35.7 Å². The third-order valence-corrected chi connectivity index (χ3v) is 6.02. The van der Waals surface area contributed by atoms with Crippen LogP contribution in [-0.4, -0.2) is 18.6 Å². The number of rotatable bonds is 4. The van der Waals surface area contributed by atoms with Gasteiger partial charge in [-0.25, -0.2) is 13.1 Å². The molecule has 0 radical (unpaired) electrons. The van der Waals surface area contributed by atoms with E-state index < -0.39 is 20.9 Å². The highest BCUT2D eigenvalue weighted by Gasteiger charge is 2.26. The van der Waals surface area contributed by atoms with Crippen LogP contribution >= 0.6 is 11.3 Å². The van der Waals surface area contributed by atoms with E-state index in [4.69, 9.17) is 4.52 Å². The minimum absolute atomic E-state index is 0.00103. The minimum atomic E-state index is -3.76. The van der Waals surface area contributed by atoms with Crippen molar-refractivity contribution in [2.24, 2.45) is 0 Å². The van der Waals surface area contributed by atoms with E-state index in [1.54, 1.807) is 27.7 Å². The zero-order valence-electron chi connectivity index (χ0n) is 11.5. The molecule has 1 unspecified atom stereocenters. The Balaban J connectivity index is 2.34. The fourth-order valence-corrected chi connectivity index (χ4v) is 4.63. The molecule has 0 aliphatic heterocycles. The predicted octanol–water partition coefficient (Wildman–Crippen LogP) is 1.39. The molecule has 110 valence electrons. The first-order chi connectivity index (χ1) is 9.22. The van der Waals surface area contributed by atoms with Crippen LogP contribution in [0.5, 0.6) is 0 Å². The molecule has 0 aliphatic carbocycles. The van der Waals surface area contributed by atoms with Crippen LogP contribution in [-0.2, 0) is 10.0 Å². The van der Waals surface area contributed by atoms with Crippen LogP contribution in [0.2, 0.25) is 0 Å². The summed E-state index contributed by atoms with van der Waals surface area (Å²) >= 11 is 0.668. The number of hydrogen-bond acceptors (Lipinski definition) is 6. The second-order valence-electron chi connectivity index (χ2n) is 4.51. The number of thiazole rings is 1. The average Bonchev–Trinajstić information content (AvgIpc) is 2.81. The quantitative estimate of drug-likeness (QED) is 0.886. The van der Waals surface area contributed by atoms with Gasteiger partial charge in [-0.05, 0) is 27.7 Å². The van der Waals surface area contributed by atoms with Crippen LogP contribution < -0.4 is 9.60 Å². The van der Waals surface area contributed by atoms with Crippen molar-refractivity contribution in [3.63, 3.8) is 0 Å². The molecule has 2 N–H and O–H groups in total. The summed E-state index contributed by atoms with van der Waals surface area (Å²) in [5.41, 5.74) is 1.67. The van der Waals surface area contributed by atoms with Gasteiger partial charge < -0.3 is 9.51 Å². The molecule has 0 aliphatic rings. The minimum Gasteiger partial charge on any atom is -0.361 e. The van der Waals surface area contributed by atoms with Crippen LogP contribution in [0.25, 0.3) is 0 Å². The molecule has 0 spiro atoms. The lowest BCUT2D eigenvalue weighted by Crippen LogP contribution is -2.27. The molecule has 2 heterocycles. The Morgan fingerprint density at radius 1 is 1.35 bits per heavy atom. The molecule has 2 aromatic rings. The second-order valence-corrected chi connectivity index (χ2v) is 7.40. The molecular formula is C11H15N3O4S2. The number of hydrogen-bond donors (Lipinski definition) is 2. The maximum atomic E-state index is 12.3. The van der Waals surface area contributed by atoms with Gasteiger partial charge in [0, 0.05) is 17.3 Å². The van der Waals surface area contributed by atoms with Crippen LogP contribution in [0.15, 0.2) is 13.5 Å². The Morgan fingerprint density at radius 2 is 2.00 bits per heavy atom. The van der Waals surface area contributed by atoms with Crippen molar-refractivity contribution in [1.29, 1.82) is 0 Å². The molecule has 1 atom stereocenters. The largest absolute Gasteiger partial charge is 0.361 e. The van der Waals surface area contributed by atoms with E-state index in [0.717, 1.165) is 0 Å². The van der Waals surface area contributed by atoms with E-state index in [1.807, 2.05) is 0 Å². The van der Waals surface area contributed by atoms with Gasteiger partial charge in [0.2, 0.25) is 0 Å². The first-order valence-corrected chi connectivity index (χ1v) is 8.17. The number of aromatic nitrogens is 2. The van der Waals surface area contributed by atoms with Gasteiger partial charge in [-0.3, -0.25) is 4.79 Å². The summed E-state index contributed by atoms with van der Waals surface area (Å²) in [6, 6.07) is -0.497. The maximum Gasteiger partial charge on any atom is 0.305 e. The number of sulfonamides is 1. The molecule has 0 saturated heterocycles. The fourth-order valence-electron chi connectivity index (χ4n) is 2.10. The molecular weight excluding hydrogens is 302 g/mol. The molecule has 0 saturated carbocycles. The number of H-pyrrole nitrogens is 1. The molecule has 0 fully saturated rings. The third-order valence-electron chi connectivity index (χ3n) is 2.88. The Morgan fingerprint density at radius 3 is 2.45 bits per heavy atom. The second kappa shape index (κ2) is 5.15. The summed E-state index contributed by atoms with van der Waals surface area (Å²) in [4.78, 5) is 13.3. The van der Waals surface area contributed by atoms with E-state index in [-0.39, 0.29) is 4.21 Å². The van der Waals surface area contributed by atoms with Gasteiger partial charge in [0.15, 0.2) is 4.21 Å². The van der Waals surface area contributed by atoms with E-state index >= 15 is 0 Å². The van der Waals surface area contributed by atoms with E-state index in [9.17, 15) is 13.2 Å². The van der Waals surface area contributed by atoms with Crippen LogP contribution in [0, 0.1) is 20.8 Å². The Kier molecular flexibility index (Phi) is 3.85. The predicted molar refractivity (Wildman–Crippen MR) is 74.4 cm³/mol. The molecule has 2 rings (SSSR count). The van der Waals surface area contributed by atoms with Crippen molar-refractivity contribution >= 4 is 21.4 Å². The smallest absolute Gasteiger partial charge is 0.305 e. The maximum absolute atomic E-state index is 12.3. The molecule has 0 amide bonds. The average molecular weight is 317 g/mol. The lowest BCUT2D eigenvalue weighted by molar-refractivity contribution is 0.391. The van der Waals surface area contributed by atoms with Gasteiger partial charge in [0.25, 0.3) is 10.0 Å². The molecule has 0 bridgehead atoms. The summed E-state index contributed by atoms with van der Waals surface area (Å²) in [5, 5.41) is 3.80. The fraction of sp³-hybridized carbons (Fsp3) is 0.455. The van der Waals surface area contributed by atoms with Gasteiger partial charge in [-0.1, -0.05) is 16.5 Å². The summed E-state index contributed by atoms with van der Waals surface area (Å²) in [6.07, 6.45) is 0. The van der Waals surface area contributed by atoms with Crippen molar-refractivity contribution in [3.8, 4) is 0 Å². The molecule has 20 heavy (non-hydrogen) atoms. The zero-order valence-corrected chi connectivity index (χ0v) is 13.1. The lowest BCUT2D eigenvalue weighted by atomic mass is 10.1. The summed E-state index contributed by atoms with van der Waals surface area (Å²) in [7, 11) is -3.76. The summed E-state index contributed by atoms with van der Waals surface area (Å²) in [6.45, 7) is 6.72. The number of nitrogens with one attached hydrogen (secondary N) is 2. The van der Waals surface area contributed by atoms with Gasteiger partial charge in [-0.15, -0.1) is 0 Å². The first-order valence-electron chi connectivity index (χ1n) is 5.87. The summed E-state index contributed by atoms with van der Waals surface area (Å²) in [5.74, 6) is 0.566. The highest BCUT2D eigenvalue weighted by atomic mass is 32.2. The molecule has 0 aromatic carbocycles. The summed E-state index contributed by atoms with van der Waals surface area (Å²) < 4.78 is 32.1. The Bertz CT molecular complexity index is 765. The third kappa shape index (κ3) is 2.69. The van der Waals surface area contributed by atoms with E-state index in [0.29, 0.717) is 34.0 Å². The number of aromatic amines is 1.